The first-order valence-electron chi connectivity index (χ1n) is 33.2. The van der Waals surface area contributed by atoms with Gasteiger partial charge in [0.15, 0.2) is 0 Å². The number of ether oxygens (including phenoxy) is 6. The van der Waals surface area contributed by atoms with Crippen LogP contribution in [0, 0.1) is 6.57 Å². The van der Waals surface area contributed by atoms with Gasteiger partial charge in [-0.3, -0.25) is 9.59 Å². The molecule has 0 spiro atoms. The Morgan fingerprint density at radius 3 is 1.42 bits per heavy atom. The van der Waals surface area contributed by atoms with E-state index in [0.717, 1.165) is 126 Å². The minimum atomic E-state index is -2.49. The van der Waals surface area contributed by atoms with Crippen molar-refractivity contribution < 1.29 is 52.6 Å². The highest BCUT2D eigenvalue weighted by atomic mass is 127. The third kappa shape index (κ3) is 20.0. The predicted octanol–water partition coefficient (Wildman–Crippen LogP) is 13.9. The van der Waals surface area contributed by atoms with E-state index in [1.54, 1.807) is 0 Å². The van der Waals surface area contributed by atoms with Crippen molar-refractivity contribution in [1.29, 1.82) is 0 Å². The molecule has 0 amide bonds. The van der Waals surface area contributed by atoms with E-state index in [-0.39, 0.29) is 95.8 Å². The topological polar surface area (TPSA) is 144 Å². The normalized spacial score (nSPS) is 25.8. The fourth-order valence-electron chi connectivity index (χ4n) is 13.9. The summed E-state index contributed by atoms with van der Waals surface area (Å²) >= 11 is 9.60. The second-order valence-corrected chi connectivity index (χ2v) is 38.1. The molecule has 90 heavy (non-hydrogen) atoms. The maximum atomic E-state index is 11.3. The van der Waals surface area contributed by atoms with Crippen molar-refractivity contribution in [2.24, 2.45) is 0 Å². The second-order valence-electron chi connectivity index (χ2n) is 27.3. The number of fused-ring (bicyclic) bond motifs is 1. The molecule has 0 aliphatic carbocycles. The minimum Gasteiger partial charge on any atom is -0.462 e. The number of carbonyl (C=O) groups excluding carboxylic acids is 2. The Morgan fingerprint density at radius 1 is 0.578 bits per heavy atom. The SMILES string of the molecule is C=C1C[C@H](CCCO)O[C@H]1CCC1CCC(=O)O1.C=C1C[C@H](CCCO[Si](c2ccccc2)(c2ccccc2)C(C)(C)C)O[C@H]1CCC1CCC(=O)O1.CC(C)(C)[Si](Cl)(c1ccccc1)c1ccccc1.[C-]#[N+]CC[C@H]1CC[C@@H]2O[C@@H](CCCO)C[C@]2(CI)O1. The average molecular weight is 1400 g/mol. The number of cyclic esters (lactones) is 2. The summed E-state index contributed by atoms with van der Waals surface area (Å²) < 4.78 is 43.2. The average Bonchev–Trinajstić information content (AvgIpc) is 0.988. The molecule has 16 heteroatoms. The first-order valence-corrected chi connectivity index (χ1v) is 39.7. The summed E-state index contributed by atoms with van der Waals surface area (Å²) in [6.45, 7) is 30.6. The smallest absolute Gasteiger partial charge is 0.306 e. The Hall–Kier alpha value is -4.04. The molecular weight excluding hydrogens is 1300 g/mol. The summed E-state index contributed by atoms with van der Waals surface area (Å²) in [6.07, 6.45) is 18.6. The maximum Gasteiger partial charge on any atom is 0.306 e. The Morgan fingerprint density at radius 2 is 1.02 bits per heavy atom. The van der Waals surface area contributed by atoms with Crippen LogP contribution in [-0.4, -0.2) is 129 Å². The minimum absolute atomic E-state index is 0.0113. The Kier molecular flexibility index (Phi) is 28.9. The van der Waals surface area contributed by atoms with Crippen molar-refractivity contribution in [1.82, 2.24) is 0 Å². The van der Waals surface area contributed by atoms with Gasteiger partial charge in [-0.1, -0.05) is 199 Å². The van der Waals surface area contributed by atoms with Crippen LogP contribution in [0.25, 0.3) is 4.85 Å². The number of aliphatic hydroxyl groups is 2. The number of hydrogen-bond donors (Lipinski definition) is 2. The van der Waals surface area contributed by atoms with Gasteiger partial charge in [0.1, 0.15) is 17.8 Å². The number of benzene rings is 4. The molecule has 2 unspecified atom stereocenters. The molecule has 0 bridgehead atoms. The van der Waals surface area contributed by atoms with Crippen molar-refractivity contribution in [2.45, 2.75) is 241 Å². The van der Waals surface area contributed by atoms with E-state index in [0.29, 0.717) is 26.0 Å². The lowest BCUT2D eigenvalue weighted by Crippen LogP contribution is -2.66. The summed E-state index contributed by atoms with van der Waals surface area (Å²) in [4.78, 5) is 25.8. The monoisotopic (exact) mass is 1400 g/mol. The van der Waals surface area contributed by atoms with E-state index in [1.807, 2.05) is 12.1 Å². The molecular formula is C74H103ClINO11Si2. The lowest BCUT2D eigenvalue weighted by molar-refractivity contribution is -0.152. The van der Waals surface area contributed by atoms with Gasteiger partial charge in [0.25, 0.3) is 8.32 Å². The quantitative estimate of drug-likeness (QED) is 0.0101. The van der Waals surface area contributed by atoms with Gasteiger partial charge in [0.2, 0.25) is 13.9 Å². The zero-order valence-electron chi connectivity index (χ0n) is 54.6. The summed E-state index contributed by atoms with van der Waals surface area (Å²) in [5, 5.41) is 23.0. The number of rotatable bonds is 24. The third-order valence-corrected chi connectivity index (χ3v) is 32.3. The van der Waals surface area contributed by atoms with E-state index in [1.165, 1.54) is 26.3 Å². The van der Waals surface area contributed by atoms with Gasteiger partial charge in [-0.2, -0.15) is 11.1 Å². The van der Waals surface area contributed by atoms with Crippen LogP contribution in [0.3, 0.4) is 0 Å². The molecule has 4 aromatic rings. The highest BCUT2D eigenvalue weighted by molar-refractivity contribution is 14.1. The Balaban J connectivity index is 0.000000180. The van der Waals surface area contributed by atoms with Crippen LogP contribution in [0.5, 0.6) is 0 Å². The van der Waals surface area contributed by atoms with Crippen LogP contribution in [-0.2, 0) is 42.4 Å². The van der Waals surface area contributed by atoms with Crippen LogP contribution in [0.1, 0.15) is 170 Å². The lowest BCUT2D eigenvalue weighted by atomic mass is 9.87. The highest BCUT2D eigenvalue weighted by Gasteiger charge is 2.53. The van der Waals surface area contributed by atoms with Gasteiger partial charge in [-0.05, 0) is 145 Å². The van der Waals surface area contributed by atoms with E-state index < -0.39 is 15.7 Å². The van der Waals surface area contributed by atoms with Crippen LogP contribution < -0.4 is 20.7 Å². The van der Waals surface area contributed by atoms with Crippen molar-refractivity contribution >= 4 is 82.1 Å². The van der Waals surface area contributed by atoms with E-state index in [2.05, 4.69) is 191 Å². The molecule has 12 nitrogen and oxygen atoms in total. The molecule has 0 radical (unpaired) electrons. The number of aliphatic hydroxyl groups excluding tert-OH is 2. The molecule has 6 aliphatic rings. The standard InChI is InChI=1S/C30H40O4Si.C16H19ClSi.C14H22INO3.C14H22O4/c1-23-22-25(33-28(23)19-17-24-18-20-29(31)34-24)12-11-21-32-35(30(2,3)4,26-13-7-5-8-14-26)27-15-9-6-10-16-27;1-16(2,3)18(17,14-10-6-4-7-11-14)15-12-8-5-9-13-15;1-16-7-6-11-4-5-13-14(10-15,19-11)9-12(18-13)3-2-8-17;1-10-9-12(3-2-8-15)17-13(10)6-4-11-5-7-14(16)18-11/h5-10,13-16,24-25,28H,1,11-12,17-22H2,2-4H3;4-13H,1-3H3;11-13,17H,2-10H2;11-13,15H,1-9H2/t24?,25-,28-;;11-,12+,13+,14-;11?,12-,13-/m0.10/s1. The molecule has 492 valence electrons. The van der Waals surface area contributed by atoms with Crippen molar-refractivity contribution in [3.8, 4) is 0 Å². The van der Waals surface area contributed by atoms with Crippen LogP contribution in [0.15, 0.2) is 146 Å². The number of nitrogens with zero attached hydrogens (tertiary/aromatic N) is 1. The predicted molar refractivity (Wildman–Crippen MR) is 376 cm³/mol. The largest absolute Gasteiger partial charge is 0.462 e. The number of hydrogen-bond acceptors (Lipinski definition) is 11. The van der Waals surface area contributed by atoms with E-state index >= 15 is 0 Å². The van der Waals surface area contributed by atoms with Gasteiger partial charge < -0.3 is 47.9 Å². The lowest BCUT2D eigenvalue weighted by Gasteiger charge is -2.43. The van der Waals surface area contributed by atoms with E-state index in [9.17, 15) is 9.59 Å². The fourth-order valence-corrected chi connectivity index (χ4v) is 23.6. The van der Waals surface area contributed by atoms with Crippen LogP contribution in [0.2, 0.25) is 10.1 Å². The Labute approximate surface area is 559 Å². The molecule has 0 aromatic heterocycles. The number of carbonyl (C=O) groups is 2. The van der Waals surface area contributed by atoms with Gasteiger partial charge in [0, 0.05) is 49.9 Å². The number of alkyl halides is 1. The molecule has 0 saturated carbocycles. The summed E-state index contributed by atoms with van der Waals surface area (Å²) in [5.74, 6) is -0.146. The highest BCUT2D eigenvalue weighted by Crippen LogP contribution is 2.45. The third-order valence-electron chi connectivity index (χ3n) is 18.7. The van der Waals surface area contributed by atoms with E-state index in [4.69, 9.17) is 60.7 Å². The number of esters is 2. The van der Waals surface area contributed by atoms with Gasteiger partial charge in [-0.25, -0.2) is 6.57 Å². The number of halogens is 2. The molecule has 6 heterocycles. The summed E-state index contributed by atoms with van der Waals surface area (Å²) in [6, 6.07) is 42.7. The maximum absolute atomic E-state index is 11.3. The molecule has 4 aromatic carbocycles. The van der Waals surface area contributed by atoms with Gasteiger partial charge >= 0.3 is 11.9 Å². The first-order chi connectivity index (χ1) is 43.2. The molecule has 2 N–H and O–H groups in total. The summed E-state index contributed by atoms with van der Waals surface area (Å²) in [7, 11) is -4.72. The second kappa shape index (κ2) is 35.5. The van der Waals surface area contributed by atoms with Gasteiger partial charge in [-0.15, -0.1) is 0 Å². The Bertz CT molecular complexity index is 2790. The molecule has 10 atom stereocenters. The molecule has 6 saturated heterocycles. The molecule has 6 aliphatic heterocycles. The van der Waals surface area contributed by atoms with Crippen LogP contribution in [0.4, 0.5) is 0 Å². The zero-order valence-corrected chi connectivity index (χ0v) is 59.5. The van der Waals surface area contributed by atoms with Crippen molar-refractivity contribution in [3.63, 3.8) is 0 Å². The first kappa shape index (κ1) is 73.4. The summed E-state index contributed by atoms with van der Waals surface area (Å²) in [5.41, 5.74) is 2.17. The molecule has 10 rings (SSSR count). The van der Waals surface area contributed by atoms with Crippen LogP contribution >= 0.6 is 33.7 Å². The van der Waals surface area contributed by atoms with Gasteiger partial charge in [0.05, 0.1) is 42.7 Å². The van der Waals surface area contributed by atoms with Crippen molar-refractivity contribution in [2.75, 3.05) is 30.8 Å². The zero-order chi connectivity index (χ0) is 64.8. The molecule has 6 fully saturated rings. The fraction of sp³-hybridized carbons (Fsp3) is 0.581. The van der Waals surface area contributed by atoms with Crippen molar-refractivity contribution in [3.05, 3.63) is 157 Å².